The molecule has 19 heavy (non-hydrogen) atoms. The summed E-state index contributed by atoms with van der Waals surface area (Å²) in [5, 5.41) is 7.03. The van der Waals surface area contributed by atoms with Crippen LogP contribution in [0.5, 0.6) is 0 Å². The van der Waals surface area contributed by atoms with Gasteiger partial charge in [-0.05, 0) is 43.8 Å². The van der Waals surface area contributed by atoms with Crippen LogP contribution in [0.1, 0.15) is 52.4 Å². The maximum absolute atomic E-state index is 4.36. The van der Waals surface area contributed by atoms with Crippen LogP contribution in [-0.4, -0.2) is 36.6 Å². The second-order valence-corrected chi connectivity index (χ2v) is 8.38. The largest absolute Gasteiger partial charge is 0.356 e. The highest BCUT2D eigenvalue weighted by Gasteiger charge is 2.30. The molecule has 3 nitrogen and oxygen atoms in total. The standard InChI is InChI=1S/C15H29N3S/c1-14(7-4-5-8-14)11-17-13(16-3)18-12-15(2)9-6-10-19-15/h4-12H2,1-3H3,(H2,16,17,18). The number of nitrogens with one attached hydrogen (secondary N) is 2. The van der Waals surface area contributed by atoms with E-state index in [-0.39, 0.29) is 0 Å². The maximum atomic E-state index is 4.36. The van der Waals surface area contributed by atoms with E-state index in [4.69, 9.17) is 0 Å². The number of rotatable bonds is 4. The molecule has 0 bridgehead atoms. The first-order valence-electron chi connectivity index (χ1n) is 7.64. The molecule has 1 saturated heterocycles. The topological polar surface area (TPSA) is 36.4 Å². The number of thioether (sulfide) groups is 1. The summed E-state index contributed by atoms with van der Waals surface area (Å²) in [6.07, 6.45) is 8.15. The van der Waals surface area contributed by atoms with E-state index in [1.54, 1.807) is 0 Å². The van der Waals surface area contributed by atoms with Gasteiger partial charge in [-0.25, -0.2) is 0 Å². The predicted molar refractivity (Wildman–Crippen MR) is 86.0 cm³/mol. The van der Waals surface area contributed by atoms with Crippen molar-refractivity contribution in [1.29, 1.82) is 0 Å². The van der Waals surface area contributed by atoms with Gasteiger partial charge in [0.1, 0.15) is 0 Å². The third kappa shape index (κ3) is 4.30. The minimum absolute atomic E-state index is 0.398. The fourth-order valence-corrected chi connectivity index (χ4v) is 4.41. The van der Waals surface area contributed by atoms with Crippen LogP contribution in [0.4, 0.5) is 0 Å². The summed E-state index contributed by atoms with van der Waals surface area (Å²) >= 11 is 2.09. The van der Waals surface area contributed by atoms with Gasteiger partial charge in [0.05, 0.1) is 0 Å². The molecule has 1 aliphatic heterocycles. The first-order chi connectivity index (χ1) is 9.05. The number of guanidine groups is 1. The zero-order chi connectivity index (χ0) is 13.8. The van der Waals surface area contributed by atoms with E-state index in [1.165, 1.54) is 44.3 Å². The van der Waals surface area contributed by atoms with Crippen molar-refractivity contribution in [2.45, 2.75) is 57.1 Å². The number of hydrogen-bond acceptors (Lipinski definition) is 2. The van der Waals surface area contributed by atoms with Crippen LogP contribution in [-0.2, 0) is 0 Å². The average Bonchev–Trinajstić information content (AvgIpc) is 3.00. The Labute approximate surface area is 122 Å². The molecule has 2 N–H and O–H groups in total. The van der Waals surface area contributed by atoms with E-state index in [2.05, 4.69) is 41.2 Å². The van der Waals surface area contributed by atoms with Gasteiger partial charge < -0.3 is 10.6 Å². The van der Waals surface area contributed by atoms with E-state index in [0.29, 0.717) is 10.2 Å². The van der Waals surface area contributed by atoms with Crippen LogP contribution in [0.15, 0.2) is 4.99 Å². The Balaban J connectivity index is 1.74. The highest BCUT2D eigenvalue weighted by molar-refractivity contribution is 8.00. The monoisotopic (exact) mass is 283 g/mol. The molecule has 1 aliphatic carbocycles. The van der Waals surface area contributed by atoms with Crippen molar-refractivity contribution in [1.82, 2.24) is 10.6 Å². The van der Waals surface area contributed by atoms with Crippen LogP contribution in [0.2, 0.25) is 0 Å². The Bertz CT molecular complexity index is 287. The summed E-state index contributed by atoms with van der Waals surface area (Å²) in [7, 11) is 1.87. The van der Waals surface area contributed by atoms with Gasteiger partial charge in [-0.2, -0.15) is 11.8 Å². The van der Waals surface area contributed by atoms with Gasteiger partial charge in [0.15, 0.2) is 5.96 Å². The summed E-state index contributed by atoms with van der Waals surface area (Å²) in [5.74, 6) is 2.28. The lowest BCUT2D eigenvalue weighted by atomic mass is 9.89. The molecule has 1 unspecified atom stereocenters. The van der Waals surface area contributed by atoms with E-state index < -0.39 is 0 Å². The Hall–Kier alpha value is -0.380. The van der Waals surface area contributed by atoms with E-state index >= 15 is 0 Å². The van der Waals surface area contributed by atoms with Gasteiger partial charge in [0.2, 0.25) is 0 Å². The van der Waals surface area contributed by atoms with Crippen LogP contribution < -0.4 is 10.6 Å². The van der Waals surface area contributed by atoms with Crippen molar-refractivity contribution in [3.8, 4) is 0 Å². The second kappa shape index (κ2) is 6.38. The highest BCUT2D eigenvalue weighted by atomic mass is 32.2. The van der Waals surface area contributed by atoms with Crippen molar-refractivity contribution >= 4 is 17.7 Å². The molecule has 0 radical (unpaired) electrons. The molecule has 2 rings (SSSR count). The number of hydrogen-bond donors (Lipinski definition) is 2. The third-order valence-electron chi connectivity index (χ3n) is 4.65. The number of aliphatic imine (C=N–C) groups is 1. The molecular weight excluding hydrogens is 254 g/mol. The summed E-state index contributed by atoms with van der Waals surface area (Å²) in [6, 6.07) is 0. The van der Waals surface area contributed by atoms with Crippen LogP contribution in [0, 0.1) is 5.41 Å². The molecule has 0 amide bonds. The van der Waals surface area contributed by atoms with Gasteiger partial charge in [0.25, 0.3) is 0 Å². The van der Waals surface area contributed by atoms with Gasteiger partial charge in [0, 0.05) is 24.9 Å². The van der Waals surface area contributed by atoms with E-state index in [0.717, 1.165) is 19.0 Å². The maximum Gasteiger partial charge on any atom is 0.191 e. The molecule has 2 aliphatic rings. The molecule has 1 saturated carbocycles. The summed E-state index contributed by atoms with van der Waals surface area (Å²) in [4.78, 5) is 4.36. The smallest absolute Gasteiger partial charge is 0.191 e. The molecule has 0 spiro atoms. The van der Waals surface area contributed by atoms with E-state index in [1.807, 2.05) is 7.05 Å². The van der Waals surface area contributed by atoms with Crippen LogP contribution in [0.3, 0.4) is 0 Å². The molecule has 2 fully saturated rings. The van der Waals surface area contributed by atoms with E-state index in [9.17, 15) is 0 Å². The van der Waals surface area contributed by atoms with Crippen molar-refractivity contribution in [2.75, 3.05) is 25.9 Å². The molecule has 0 aromatic carbocycles. The minimum Gasteiger partial charge on any atom is -0.356 e. The van der Waals surface area contributed by atoms with Gasteiger partial charge in [-0.1, -0.05) is 19.8 Å². The summed E-state index contributed by atoms with van der Waals surface area (Å²) in [6.45, 7) is 6.84. The zero-order valence-electron chi connectivity index (χ0n) is 12.7. The molecular formula is C15H29N3S. The van der Waals surface area contributed by atoms with Crippen molar-refractivity contribution < 1.29 is 0 Å². The van der Waals surface area contributed by atoms with Crippen LogP contribution >= 0.6 is 11.8 Å². The van der Waals surface area contributed by atoms with Gasteiger partial charge in [-0.3, -0.25) is 4.99 Å². The lowest BCUT2D eigenvalue weighted by Crippen LogP contribution is -2.46. The molecule has 0 aromatic rings. The summed E-state index contributed by atoms with van der Waals surface area (Å²) < 4.78 is 0.398. The number of nitrogens with zero attached hydrogens (tertiary/aromatic N) is 1. The summed E-state index contributed by atoms with van der Waals surface area (Å²) in [5.41, 5.74) is 0.476. The Morgan fingerprint density at radius 1 is 1.05 bits per heavy atom. The van der Waals surface area contributed by atoms with Crippen molar-refractivity contribution in [3.05, 3.63) is 0 Å². The van der Waals surface area contributed by atoms with Gasteiger partial charge >= 0.3 is 0 Å². The molecule has 1 atom stereocenters. The minimum atomic E-state index is 0.398. The Kier molecular flexibility index (Phi) is 5.04. The van der Waals surface area contributed by atoms with Crippen molar-refractivity contribution in [3.63, 3.8) is 0 Å². The molecule has 0 aromatic heterocycles. The highest BCUT2D eigenvalue weighted by Crippen LogP contribution is 2.37. The molecule has 4 heteroatoms. The van der Waals surface area contributed by atoms with Gasteiger partial charge in [-0.15, -0.1) is 0 Å². The first-order valence-corrected chi connectivity index (χ1v) is 8.62. The van der Waals surface area contributed by atoms with Crippen molar-refractivity contribution in [2.24, 2.45) is 10.4 Å². The fraction of sp³-hybridized carbons (Fsp3) is 0.933. The molecule has 110 valence electrons. The SMILES string of the molecule is CN=C(NCC1(C)CCCC1)NCC1(C)CCCS1. The van der Waals surface area contributed by atoms with Crippen LogP contribution in [0.25, 0.3) is 0 Å². The second-order valence-electron chi connectivity index (χ2n) is 6.70. The Morgan fingerprint density at radius 3 is 2.32 bits per heavy atom. The lowest BCUT2D eigenvalue weighted by Gasteiger charge is -2.27. The predicted octanol–water partition coefficient (Wildman–Crippen LogP) is 3.02. The fourth-order valence-electron chi connectivity index (χ4n) is 3.17. The zero-order valence-corrected chi connectivity index (χ0v) is 13.5. The quantitative estimate of drug-likeness (QED) is 0.615. The average molecular weight is 283 g/mol. The lowest BCUT2D eigenvalue weighted by molar-refractivity contribution is 0.334. The first kappa shape index (κ1) is 15.0. The Morgan fingerprint density at radius 2 is 1.74 bits per heavy atom. The normalized spacial score (nSPS) is 30.6. The molecule has 1 heterocycles. The third-order valence-corrected chi connectivity index (χ3v) is 6.19.